The number of H-pyrrole nitrogens is 1. The van der Waals surface area contributed by atoms with Crippen LogP contribution in [0.5, 0.6) is 5.75 Å². The van der Waals surface area contributed by atoms with Gasteiger partial charge in [0.1, 0.15) is 17.4 Å². The number of aromatic nitrogens is 2. The highest BCUT2D eigenvalue weighted by molar-refractivity contribution is 7.98. The number of ether oxygens (including phenoxy) is 1. The fourth-order valence-electron chi connectivity index (χ4n) is 1.61. The first-order chi connectivity index (χ1) is 9.19. The van der Waals surface area contributed by atoms with E-state index in [-0.39, 0.29) is 5.56 Å². The Kier molecular flexibility index (Phi) is 3.88. The summed E-state index contributed by atoms with van der Waals surface area (Å²) in [5.74, 6) is 0.706. The molecule has 0 aliphatic carbocycles. The molecule has 0 spiro atoms. The minimum Gasteiger partial charge on any atom is -0.497 e. The monoisotopic (exact) mass is 273 g/mol. The molecule has 2 aromatic rings. The number of rotatable bonds is 3. The van der Waals surface area contributed by atoms with E-state index in [1.165, 1.54) is 11.8 Å². The van der Waals surface area contributed by atoms with Gasteiger partial charge in [0.25, 0.3) is 5.56 Å². The molecule has 0 aliphatic heterocycles. The lowest BCUT2D eigenvalue weighted by Crippen LogP contribution is -2.14. The van der Waals surface area contributed by atoms with Crippen molar-refractivity contribution in [3.8, 4) is 23.1 Å². The molecule has 1 aromatic carbocycles. The van der Waals surface area contributed by atoms with Crippen LogP contribution in [0.15, 0.2) is 34.2 Å². The quantitative estimate of drug-likeness (QED) is 0.684. The molecule has 5 nitrogen and oxygen atoms in total. The second-order valence-corrected chi connectivity index (χ2v) is 4.43. The fourth-order valence-corrected chi connectivity index (χ4v) is 1.99. The van der Waals surface area contributed by atoms with E-state index in [4.69, 9.17) is 10.00 Å². The van der Waals surface area contributed by atoms with Crippen LogP contribution in [0.25, 0.3) is 11.3 Å². The van der Waals surface area contributed by atoms with Crippen molar-refractivity contribution in [3.05, 3.63) is 40.2 Å². The Labute approximate surface area is 114 Å². The predicted octanol–water partition coefficient (Wildman–Crippen LogP) is 2.04. The SMILES string of the molecule is COc1ccc(-c2nc(SC)[nH]c(=O)c2C#N)cc1. The van der Waals surface area contributed by atoms with Gasteiger partial charge >= 0.3 is 0 Å². The zero-order valence-electron chi connectivity index (χ0n) is 10.4. The molecule has 0 amide bonds. The predicted molar refractivity (Wildman–Crippen MR) is 73.3 cm³/mol. The van der Waals surface area contributed by atoms with Crippen LogP contribution in [-0.4, -0.2) is 23.3 Å². The maximum absolute atomic E-state index is 11.8. The summed E-state index contributed by atoms with van der Waals surface area (Å²) in [5, 5.41) is 9.56. The van der Waals surface area contributed by atoms with E-state index < -0.39 is 5.56 Å². The molecular weight excluding hydrogens is 262 g/mol. The molecule has 0 unspecified atom stereocenters. The third-order valence-corrected chi connectivity index (χ3v) is 3.15. The van der Waals surface area contributed by atoms with Gasteiger partial charge in [0.15, 0.2) is 5.16 Å². The van der Waals surface area contributed by atoms with Crippen molar-refractivity contribution in [2.75, 3.05) is 13.4 Å². The lowest BCUT2D eigenvalue weighted by Gasteiger charge is -2.06. The van der Waals surface area contributed by atoms with Crippen LogP contribution >= 0.6 is 11.8 Å². The molecule has 6 heteroatoms. The smallest absolute Gasteiger partial charge is 0.270 e. The molecule has 0 saturated heterocycles. The van der Waals surface area contributed by atoms with Gasteiger partial charge in [0, 0.05) is 5.56 Å². The van der Waals surface area contributed by atoms with Crippen LogP contribution in [0.1, 0.15) is 5.56 Å². The van der Waals surface area contributed by atoms with Gasteiger partial charge in [0.05, 0.1) is 12.8 Å². The largest absolute Gasteiger partial charge is 0.497 e. The van der Waals surface area contributed by atoms with E-state index in [1.807, 2.05) is 12.3 Å². The molecule has 2 rings (SSSR count). The van der Waals surface area contributed by atoms with E-state index in [1.54, 1.807) is 31.4 Å². The first-order valence-electron chi connectivity index (χ1n) is 5.42. The van der Waals surface area contributed by atoms with Crippen LogP contribution in [0.2, 0.25) is 0 Å². The number of thioether (sulfide) groups is 1. The lowest BCUT2D eigenvalue weighted by molar-refractivity contribution is 0.415. The maximum atomic E-state index is 11.8. The number of hydrogen-bond acceptors (Lipinski definition) is 5. The Hall–Kier alpha value is -2.26. The van der Waals surface area contributed by atoms with Crippen molar-refractivity contribution in [3.63, 3.8) is 0 Å². The van der Waals surface area contributed by atoms with Crippen LogP contribution in [-0.2, 0) is 0 Å². The number of hydrogen-bond donors (Lipinski definition) is 1. The van der Waals surface area contributed by atoms with Crippen LogP contribution < -0.4 is 10.3 Å². The number of nitrogens with zero attached hydrogens (tertiary/aromatic N) is 2. The average molecular weight is 273 g/mol. The lowest BCUT2D eigenvalue weighted by atomic mass is 10.1. The van der Waals surface area contributed by atoms with Crippen molar-refractivity contribution in [1.29, 1.82) is 5.26 Å². The maximum Gasteiger partial charge on any atom is 0.270 e. The highest BCUT2D eigenvalue weighted by Gasteiger charge is 2.12. The molecule has 0 radical (unpaired) electrons. The van der Waals surface area contributed by atoms with E-state index in [0.717, 1.165) is 0 Å². The summed E-state index contributed by atoms with van der Waals surface area (Å²) in [4.78, 5) is 18.6. The van der Waals surface area contributed by atoms with Crippen LogP contribution in [0, 0.1) is 11.3 Å². The molecule has 0 fully saturated rings. The number of aromatic amines is 1. The summed E-state index contributed by atoms with van der Waals surface area (Å²) < 4.78 is 5.07. The second-order valence-electron chi connectivity index (χ2n) is 3.64. The Bertz CT molecular complexity index is 687. The zero-order valence-corrected chi connectivity index (χ0v) is 11.2. The van der Waals surface area contributed by atoms with Gasteiger partial charge in [-0.3, -0.25) is 4.79 Å². The van der Waals surface area contributed by atoms with Gasteiger partial charge in [-0.15, -0.1) is 0 Å². The molecule has 1 heterocycles. The standard InChI is InChI=1S/C13H11N3O2S/c1-18-9-5-3-8(4-6-9)11-10(7-14)12(17)16-13(15-11)19-2/h3-6H,1-2H3,(H,15,16,17). The molecule has 1 N–H and O–H groups in total. The normalized spacial score (nSPS) is 9.95. The first-order valence-corrected chi connectivity index (χ1v) is 6.65. The number of benzene rings is 1. The number of nitriles is 1. The van der Waals surface area contributed by atoms with E-state index in [9.17, 15) is 4.79 Å². The summed E-state index contributed by atoms with van der Waals surface area (Å²) in [6, 6.07) is 8.96. The summed E-state index contributed by atoms with van der Waals surface area (Å²) in [6.07, 6.45) is 1.81. The van der Waals surface area contributed by atoms with Crippen molar-refractivity contribution < 1.29 is 4.74 Å². The Balaban J connectivity index is 2.62. The van der Waals surface area contributed by atoms with Gasteiger partial charge in [-0.05, 0) is 30.5 Å². The van der Waals surface area contributed by atoms with Crippen molar-refractivity contribution in [2.24, 2.45) is 0 Å². The number of nitrogens with one attached hydrogen (secondary N) is 1. The average Bonchev–Trinajstić information content (AvgIpc) is 2.46. The molecule has 0 bridgehead atoms. The minimum atomic E-state index is -0.423. The molecule has 19 heavy (non-hydrogen) atoms. The molecule has 0 atom stereocenters. The van der Waals surface area contributed by atoms with E-state index in [0.29, 0.717) is 22.2 Å². The molecule has 0 aliphatic rings. The van der Waals surface area contributed by atoms with E-state index >= 15 is 0 Å². The van der Waals surface area contributed by atoms with Crippen LogP contribution in [0.3, 0.4) is 0 Å². The van der Waals surface area contributed by atoms with Crippen molar-refractivity contribution >= 4 is 11.8 Å². The number of methoxy groups -OCH3 is 1. The molecule has 1 aromatic heterocycles. The zero-order chi connectivity index (χ0) is 13.8. The second kappa shape index (κ2) is 5.59. The highest BCUT2D eigenvalue weighted by Crippen LogP contribution is 2.23. The summed E-state index contributed by atoms with van der Waals surface area (Å²) >= 11 is 1.32. The summed E-state index contributed by atoms with van der Waals surface area (Å²) in [5.41, 5.74) is 0.688. The third-order valence-electron chi connectivity index (χ3n) is 2.57. The van der Waals surface area contributed by atoms with Gasteiger partial charge in [-0.25, -0.2) is 4.98 Å². The minimum absolute atomic E-state index is 0.0166. The Morgan fingerprint density at radius 1 is 1.37 bits per heavy atom. The van der Waals surface area contributed by atoms with Crippen molar-refractivity contribution in [2.45, 2.75) is 5.16 Å². The van der Waals surface area contributed by atoms with Gasteiger partial charge in [0.2, 0.25) is 0 Å². The molecule has 96 valence electrons. The van der Waals surface area contributed by atoms with Gasteiger partial charge in [-0.2, -0.15) is 5.26 Å². The molecular formula is C13H11N3O2S. The van der Waals surface area contributed by atoms with Crippen LogP contribution in [0.4, 0.5) is 0 Å². The highest BCUT2D eigenvalue weighted by atomic mass is 32.2. The fraction of sp³-hybridized carbons (Fsp3) is 0.154. The van der Waals surface area contributed by atoms with Crippen molar-refractivity contribution in [1.82, 2.24) is 9.97 Å². The Morgan fingerprint density at radius 3 is 2.58 bits per heavy atom. The molecule has 0 saturated carbocycles. The Morgan fingerprint density at radius 2 is 2.05 bits per heavy atom. The summed E-state index contributed by atoms with van der Waals surface area (Å²) in [7, 11) is 1.58. The third kappa shape index (κ3) is 2.61. The topological polar surface area (TPSA) is 78.8 Å². The van der Waals surface area contributed by atoms with Gasteiger partial charge < -0.3 is 9.72 Å². The van der Waals surface area contributed by atoms with Gasteiger partial charge in [-0.1, -0.05) is 11.8 Å². The summed E-state index contributed by atoms with van der Waals surface area (Å²) in [6.45, 7) is 0. The first kappa shape index (κ1) is 13.2. The van der Waals surface area contributed by atoms with E-state index in [2.05, 4.69) is 9.97 Å².